The monoisotopic (exact) mass is 550 g/mol. The molecule has 2 aliphatic heterocycles. The van der Waals surface area contributed by atoms with Gasteiger partial charge in [-0.05, 0) is 57.3 Å². The first-order valence-corrected chi connectivity index (χ1v) is 12.8. The lowest BCUT2D eigenvalue weighted by atomic mass is 9.95. The van der Waals surface area contributed by atoms with E-state index in [1.54, 1.807) is 33.8 Å². The smallest absolute Gasteiger partial charge is 0.410 e. The number of carbonyl (C=O) groups is 1. The Morgan fingerprint density at radius 2 is 1.67 bits per heavy atom. The highest BCUT2D eigenvalue weighted by Crippen LogP contribution is 2.42. The summed E-state index contributed by atoms with van der Waals surface area (Å²) in [4.78, 5) is 14.7. The van der Waals surface area contributed by atoms with Crippen LogP contribution >= 0.6 is 0 Å². The fourth-order valence-electron chi connectivity index (χ4n) is 5.43. The second kappa shape index (κ2) is 9.69. The number of likely N-dealkylation sites (tertiary alicyclic amines) is 1. The summed E-state index contributed by atoms with van der Waals surface area (Å²) in [5.41, 5.74) is 0.289. The first-order valence-electron chi connectivity index (χ1n) is 12.8. The van der Waals surface area contributed by atoms with Crippen molar-refractivity contribution in [1.29, 1.82) is 0 Å². The van der Waals surface area contributed by atoms with E-state index in [-0.39, 0.29) is 18.3 Å². The molecule has 2 atom stereocenters. The number of carbonyl (C=O) groups excluding carboxylic acids is 1. The van der Waals surface area contributed by atoms with Gasteiger partial charge < -0.3 is 19.5 Å². The highest BCUT2D eigenvalue weighted by atomic mass is 19.4. The van der Waals surface area contributed by atoms with Gasteiger partial charge in [0.25, 0.3) is 0 Å². The van der Waals surface area contributed by atoms with Gasteiger partial charge >= 0.3 is 12.3 Å². The van der Waals surface area contributed by atoms with Crippen molar-refractivity contribution in [3.63, 3.8) is 0 Å². The quantitative estimate of drug-likeness (QED) is 0.387. The van der Waals surface area contributed by atoms with Crippen molar-refractivity contribution >= 4 is 22.7 Å². The molecule has 1 fully saturated rings. The molecule has 0 bridgehead atoms. The standard InChI is InChI=1S/C28H31F5N4O2/c1-16-12-36-22-8-6-5-7-17(22)9-23(36)25(37(16)15-28(31,32)33)24-20(29)10-18(11-21(24)30)34-19-13-35(14-19)26(38)39-27(2,3)4/h5-11,16,19,25,34H,12-15H2,1-4H3/t16-,25+/m1/s1. The number of amides is 1. The number of benzene rings is 2. The molecule has 3 aromatic rings. The Labute approximate surface area is 223 Å². The van der Waals surface area contributed by atoms with Crippen molar-refractivity contribution in [2.24, 2.45) is 0 Å². The van der Waals surface area contributed by atoms with Crippen LogP contribution in [-0.4, -0.2) is 64.0 Å². The summed E-state index contributed by atoms with van der Waals surface area (Å²) in [6.45, 7) is 6.45. The van der Waals surface area contributed by atoms with Gasteiger partial charge in [0.15, 0.2) is 0 Å². The van der Waals surface area contributed by atoms with Gasteiger partial charge in [-0.3, -0.25) is 4.90 Å². The third-order valence-electron chi connectivity index (χ3n) is 7.09. The molecule has 11 heteroatoms. The molecule has 1 aromatic heterocycles. The summed E-state index contributed by atoms with van der Waals surface area (Å²) in [5.74, 6) is -1.88. The summed E-state index contributed by atoms with van der Waals surface area (Å²) in [7, 11) is 0. The molecule has 210 valence electrons. The zero-order valence-electron chi connectivity index (χ0n) is 22.1. The number of alkyl halides is 3. The molecule has 3 heterocycles. The zero-order chi connectivity index (χ0) is 28.3. The summed E-state index contributed by atoms with van der Waals surface area (Å²) >= 11 is 0. The van der Waals surface area contributed by atoms with Crippen molar-refractivity contribution in [3.8, 4) is 0 Å². The van der Waals surface area contributed by atoms with E-state index in [0.29, 0.717) is 18.8 Å². The number of halogens is 5. The molecule has 0 spiro atoms. The second-order valence-electron chi connectivity index (χ2n) is 11.4. The molecule has 39 heavy (non-hydrogen) atoms. The fourth-order valence-corrected chi connectivity index (χ4v) is 5.43. The van der Waals surface area contributed by atoms with E-state index in [1.807, 2.05) is 28.8 Å². The van der Waals surface area contributed by atoms with Crippen LogP contribution in [0.1, 0.15) is 45.0 Å². The Bertz CT molecular complexity index is 1370. The van der Waals surface area contributed by atoms with Gasteiger partial charge in [0.1, 0.15) is 17.2 Å². The van der Waals surface area contributed by atoms with E-state index in [1.165, 1.54) is 4.90 Å². The molecule has 2 aliphatic rings. The number of anilines is 1. The highest BCUT2D eigenvalue weighted by molar-refractivity contribution is 5.82. The number of hydrogen-bond acceptors (Lipinski definition) is 4. The van der Waals surface area contributed by atoms with E-state index in [2.05, 4.69) is 5.32 Å². The van der Waals surface area contributed by atoms with Gasteiger partial charge in [-0.1, -0.05) is 18.2 Å². The van der Waals surface area contributed by atoms with Crippen molar-refractivity contribution in [2.45, 2.75) is 64.1 Å². The molecule has 0 aliphatic carbocycles. The number of rotatable bonds is 4. The number of nitrogens with zero attached hydrogens (tertiary/aromatic N) is 3. The molecule has 1 N–H and O–H groups in total. The Kier molecular flexibility index (Phi) is 6.77. The first-order chi connectivity index (χ1) is 18.2. The third-order valence-corrected chi connectivity index (χ3v) is 7.09. The predicted molar refractivity (Wildman–Crippen MR) is 138 cm³/mol. The van der Waals surface area contributed by atoms with Crippen LogP contribution in [0.15, 0.2) is 42.5 Å². The number of nitrogens with one attached hydrogen (secondary N) is 1. The molecule has 0 unspecified atom stereocenters. The SMILES string of the molecule is C[C@@H]1Cn2c(cc3ccccc32)[C@@H](c2c(F)cc(NC3CN(C(=O)OC(C)(C)C)C3)cc2F)N1CC(F)(F)F. The summed E-state index contributed by atoms with van der Waals surface area (Å²) in [6, 6.07) is 9.07. The van der Waals surface area contributed by atoms with Gasteiger partial charge in [0.05, 0.1) is 18.6 Å². The number of para-hydroxylation sites is 1. The van der Waals surface area contributed by atoms with Crippen LogP contribution in [-0.2, 0) is 11.3 Å². The van der Waals surface area contributed by atoms with Crippen molar-refractivity contribution < 1.29 is 31.5 Å². The van der Waals surface area contributed by atoms with Crippen LogP contribution in [0.2, 0.25) is 0 Å². The van der Waals surface area contributed by atoms with Crippen LogP contribution < -0.4 is 5.32 Å². The largest absolute Gasteiger partial charge is 0.444 e. The normalized spacial score (nSPS) is 20.6. The predicted octanol–water partition coefficient (Wildman–Crippen LogP) is 6.31. The van der Waals surface area contributed by atoms with Crippen LogP contribution in [0.4, 0.5) is 32.4 Å². The average molecular weight is 551 g/mol. The minimum absolute atomic E-state index is 0.148. The molecule has 0 radical (unpaired) electrons. The minimum Gasteiger partial charge on any atom is -0.444 e. The number of aromatic nitrogens is 1. The lowest BCUT2D eigenvalue weighted by Gasteiger charge is -2.42. The van der Waals surface area contributed by atoms with Crippen LogP contribution in [0.3, 0.4) is 0 Å². The molecule has 6 nitrogen and oxygen atoms in total. The van der Waals surface area contributed by atoms with Gasteiger partial charge in [-0.25, -0.2) is 13.6 Å². The number of ether oxygens (including phenoxy) is 1. The second-order valence-corrected chi connectivity index (χ2v) is 11.4. The molecule has 5 rings (SSSR count). The topological polar surface area (TPSA) is 49.7 Å². The zero-order valence-corrected chi connectivity index (χ0v) is 22.1. The molecule has 1 amide bonds. The Balaban J connectivity index is 1.44. The van der Waals surface area contributed by atoms with E-state index in [9.17, 15) is 18.0 Å². The maximum Gasteiger partial charge on any atom is 0.410 e. The average Bonchev–Trinajstić information content (AvgIpc) is 3.13. The maximum absolute atomic E-state index is 15.7. The maximum atomic E-state index is 15.7. The molecule has 0 saturated carbocycles. The third kappa shape index (κ3) is 5.54. The lowest BCUT2D eigenvalue weighted by molar-refractivity contribution is -0.157. The van der Waals surface area contributed by atoms with E-state index in [0.717, 1.165) is 27.9 Å². The summed E-state index contributed by atoms with van der Waals surface area (Å²) in [5, 5.41) is 3.80. The Morgan fingerprint density at radius 1 is 1.03 bits per heavy atom. The van der Waals surface area contributed by atoms with Crippen molar-refractivity contribution in [3.05, 3.63) is 65.4 Å². The molecule has 1 saturated heterocycles. The van der Waals surface area contributed by atoms with Crippen molar-refractivity contribution in [2.75, 3.05) is 25.0 Å². The van der Waals surface area contributed by atoms with Gasteiger partial charge in [0, 0.05) is 48.1 Å². The molecular formula is C28H31F5N4O2. The van der Waals surface area contributed by atoms with Crippen LogP contribution in [0, 0.1) is 11.6 Å². The van der Waals surface area contributed by atoms with Crippen LogP contribution in [0.25, 0.3) is 10.9 Å². The number of fused-ring (bicyclic) bond motifs is 3. The van der Waals surface area contributed by atoms with Gasteiger partial charge in [-0.15, -0.1) is 0 Å². The van der Waals surface area contributed by atoms with Gasteiger partial charge in [0.2, 0.25) is 0 Å². The fraction of sp³-hybridized carbons (Fsp3) is 0.464. The minimum atomic E-state index is -4.56. The Hall–Kier alpha value is -3.34. The van der Waals surface area contributed by atoms with E-state index in [4.69, 9.17) is 4.74 Å². The highest BCUT2D eigenvalue weighted by Gasteiger charge is 2.43. The van der Waals surface area contributed by atoms with E-state index >= 15 is 8.78 Å². The van der Waals surface area contributed by atoms with Crippen LogP contribution in [0.5, 0.6) is 0 Å². The van der Waals surface area contributed by atoms with Crippen molar-refractivity contribution in [1.82, 2.24) is 14.4 Å². The molecular weight excluding hydrogens is 519 g/mol. The van der Waals surface area contributed by atoms with E-state index < -0.39 is 53.7 Å². The number of hydrogen-bond donors (Lipinski definition) is 1. The first kappa shape index (κ1) is 27.2. The molecule has 2 aromatic carbocycles. The van der Waals surface area contributed by atoms with Gasteiger partial charge in [-0.2, -0.15) is 13.2 Å². The summed E-state index contributed by atoms with van der Waals surface area (Å²) in [6.07, 6.45) is -5.03. The summed E-state index contributed by atoms with van der Waals surface area (Å²) < 4.78 is 79.4. The Morgan fingerprint density at radius 3 is 2.28 bits per heavy atom. The lowest BCUT2D eigenvalue weighted by Crippen LogP contribution is -2.57.